The summed E-state index contributed by atoms with van der Waals surface area (Å²) >= 11 is 1.39. The molecule has 2 aromatic heterocycles. The van der Waals surface area contributed by atoms with E-state index in [9.17, 15) is 10.1 Å². The molecule has 9 nitrogen and oxygen atoms in total. The standard InChI is InChI=1S/C23H17N5O4S/c1-2-13-33-23-25-22-20(26-27-23)14-7-3-5-9-16(14)24-21(32-22)19-12-11-18(31-19)15-8-4-6-10-17(15)28(29)30/h2-12,21,24H,1,13H2. The van der Waals surface area contributed by atoms with Crippen LogP contribution in [0, 0.1) is 10.1 Å². The van der Waals surface area contributed by atoms with E-state index in [0.29, 0.717) is 39.6 Å². The van der Waals surface area contributed by atoms with Gasteiger partial charge in [0.05, 0.1) is 10.5 Å². The van der Waals surface area contributed by atoms with Crippen LogP contribution in [0.5, 0.6) is 5.88 Å². The lowest BCUT2D eigenvalue weighted by molar-refractivity contribution is -0.384. The number of anilines is 1. The summed E-state index contributed by atoms with van der Waals surface area (Å²) in [5.41, 5.74) is 2.42. The van der Waals surface area contributed by atoms with E-state index >= 15 is 0 Å². The van der Waals surface area contributed by atoms with Gasteiger partial charge in [-0.15, -0.1) is 16.8 Å². The number of hydrogen-bond acceptors (Lipinski definition) is 9. The van der Waals surface area contributed by atoms with E-state index in [0.717, 1.165) is 11.3 Å². The molecule has 1 unspecified atom stereocenters. The van der Waals surface area contributed by atoms with E-state index in [-0.39, 0.29) is 5.69 Å². The molecule has 0 radical (unpaired) electrons. The molecule has 0 saturated heterocycles. The monoisotopic (exact) mass is 459 g/mol. The lowest BCUT2D eigenvalue weighted by Gasteiger charge is -2.16. The van der Waals surface area contributed by atoms with Crippen LogP contribution in [0.15, 0.2) is 82.9 Å². The second-order valence-electron chi connectivity index (χ2n) is 7.01. The molecule has 1 aliphatic rings. The van der Waals surface area contributed by atoms with Crippen LogP contribution in [0.1, 0.15) is 12.0 Å². The van der Waals surface area contributed by atoms with Crippen LogP contribution in [0.4, 0.5) is 11.4 Å². The number of benzene rings is 2. The van der Waals surface area contributed by atoms with Crippen molar-refractivity contribution in [1.82, 2.24) is 15.2 Å². The molecule has 1 aliphatic heterocycles. The lowest BCUT2D eigenvalue weighted by Crippen LogP contribution is -2.16. The maximum Gasteiger partial charge on any atom is 0.280 e. The van der Waals surface area contributed by atoms with Crippen molar-refractivity contribution >= 4 is 23.1 Å². The zero-order chi connectivity index (χ0) is 22.8. The summed E-state index contributed by atoms with van der Waals surface area (Å²) in [5.74, 6) is 1.74. The molecule has 0 fully saturated rings. The molecule has 2 aromatic carbocycles. The highest BCUT2D eigenvalue weighted by atomic mass is 32.2. The van der Waals surface area contributed by atoms with Gasteiger partial charge in [-0.05, 0) is 24.3 Å². The number of fused-ring (bicyclic) bond motifs is 3. The second-order valence-corrected chi connectivity index (χ2v) is 8.00. The van der Waals surface area contributed by atoms with Gasteiger partial charge in [0.15, 0.2) is 11.5 Å². The SMILES string of the molecule is C=CCSc1nnc2c(n1)OC(c1ccc(-c3ccccc3[N+](=O)[O-])o1)Nc1ccccc1-2. The minimum absolute atomic E-state index is 0.0374. The zero-order valence-corrected chi connectivity index (χ0v) is 18.0. The molecule has 33 heavy (non-hydrogen) atoms. The van der Waals surface area contributed by atoms with E-state index in [1.165, 1.54) is 17.8 Å². The molecule has 5 rings (SSSR count). The number of nitro groups is 1. The van der Waals surface area contributed by atoms with Crippen molar-refractivity contribution in [3.63, 3.8) is 0 Å². The Labute approximate surface area is 192 Å². The van der Waals surface area contributed by atoms with Crippen LogP contribution >= 0.6 is 11.8 Å². The molecule has 0 amide bonds. The Balaban J connectivity index is 1.55. The van der Waals surface area contributed by atoms with E-state index in [2.05, 4.69) is 27.1 Å². The highest BCUT2D eigenvalue weighted by Crippen LogP contribution is 2.40. The molecule has 0 spiro atoms. The molecule has 4 aromatic rings. The second kappa shape index (κ2) is 8.75. The van der Waals surface area contributed by atoms with E-state index < -0.39 is 11.2 Å². The summed E-state index contributed by atoms with van der Waals surface area (Å²) in [6, 6.07) is 17.4. The Bertz CT molecular complexity index is 1360. The number of hydrogen-bond donors (Lipinski definition) is 1. The van der Waals surface area contributed by atoms with Crippen molar-refractivity contribution in [3.8, 4) is 28.5 Å². The fraction of sp³-hybridized carbons (Fsp3) is 0.0870. The number of ether oxygens (including phenoxy) is 1. The highest BCUT2D eigenvalue weighted by molar-refractivity contribution is 7.99. The maximum atomic E-state index is 11.4. The molecule has 0 aliphatic carbocycles. The van der Waals surface area contributed by atoms with Gasteiger partial charge in [-0.1, -0.05) is 48.2 Å². The first-order valence-corrected chi connectivity index (χ1v) is 11.0. The molecule has 3 heterocycles. The summed E-state index contributed by atoms with van der Waals surface area (Å²) in [5, 5.41) is 23.7. The van der Waals surface area contributed by atoms with Crippen LogP contribution in [0.2, 0.25) is 0 Å². The predicted molar refractivity (Wildman–Crippen MR) is 124 cm³/mol. The van der Waals surface area contributed by atoms with Gasteiger partial charge in [-0.25, -0.2) is 0 Å². The van der Waals surface area contributed by atoms with Crippen LogP contribution in [-0.2, 0) is 0 Å². The number of nitro benzene ring substituents is 1. The number of nitrogens with one attached hydrogen (secondary N) is 1. The third-order valence-electron chi connectivity index (χ3n) is 4.92. The predicted octanol–water partition coefficient (Wildman–Crippen LogP) is 5.49. The first-order chi connectivity index (χ1) is 16.1. The minimum atomic E-state index is -0.738. The first kappa shape index (κ1) is 20.7. The highest BCUT2D eigenvalue weighted by Gasteiger charge is 2.28. The number of furan rings is 1. The van der Waals surface area contributed by atoms with E-state index in [4.69, 9.17) is 9.15 Å². The van der Waals surface area contributed by atoms with Gasteiger partial charge >= 0.3 is 0 Å². The van der Waals surface area contributed by atoms with Crippen LogP contribution in [0.3, 0.4) is 0 Å². The lowest BCUT2D eigenvalue weighted by atomic mass is 10.1. The fourth-order valence-electron chi connectivity index (χ4n) is 3.45. The summed E-state index contributed by atoms with van der Waals surface area (Å²) in [7, 11) is 0. The maximum absolute atomic E-state index is 11.4. The van der Waals surface area contributed by atoms with Crippen molar-refractivity contribution in [2.24, 2.45) is 0 Å². The smallest absolute Gasteiger partial charge is 0.280 e. The number of aromatic nitrogens is 3. The van der Waals surface area contributed by atoms with Crippen molar-refractivity contribution in [1.29, 1.82) is 0 Å². The normalized spacial score (nSPS) is 14.2. The average Bonchev–Trinajstić information content (AvgIpc) is 3.27. The van der Waals surface area contributed by atoms with Crippen molar-refractivity contribution < 1.29 is 14.1 Å². The van der Waals surface area contributed by atoms with Gasteiger partial charge in [0.2, 0.25) is 17.3 Å². The largest absolute Gasteiger partial charge is 0.455 e. The van der Waals surface area contributed by atoms with Gasteiger partial charge in [0, 0.05) is 23.1 Å². The molecule has 1 atom stereocenters. The van der Waals surface area contributed by atoms with Gasteiger partial charge in [0.1, 0.15) is 5.76 Å². The van der Waals surface area contributed by atoms with E-state index in [1.807, 2.05) is 24.3 Å². The van der Waals surface area contributed by atoms with E-state index in [1.54, 1.807) is 36.4 Å². The van der Waals surface area contributed by atoms with Crippen molar-refractivity contribution in [2.75, 3.05) is 11.1 Å². The molecule has 0 bridgehead atoms. The number of rotatable bonds is 6. The molecule has 10 heteroatoms. The third kappa shape index (κ3) is 4.03. The topological polar surface area (TPSA) is 116 Å². The average molecular weight is 459 g/mol. The number of thioether (sulfide) groups is 1. The van der Waals surface area contributed by atoms with Gasteiger partial charge in [0.25, 0.3) is 5.69 Å². The van der Waals surface area contributed by atoms with Gasteiger partial charge in [-0.2, -0.15) is 4.98 Å². The Kier molecular flexibility index (Phi) is 5.49. The van der Waals surface area contributed by atoms with Crippen LogP contribution < -0.4 is 10.1 Å². The first-order valence-electron chi connectivity index (χ1n) is 9.98. The summed E-state index contributed by atoms with van der Waals surface area (Å²) in [6.07, 6.45) is 1.02. The molecule has 0 saturated carbocycles. The van der Waals surface area contributed by atoms with Crippen molar-refractivity contribution in [2.45, 2.75) is 11.4 Å². The Morgan fingerprint density at radius 2 is 1.88 bits per heavy atom. The molecular formula is C23H17N5O4S. The summed E-state index contributed by atoms with van der Waals surface area (Å²) in [4.78, 5) is 15.5. The van der Waals surface area contributed by atoms with Gasteiger partial charge < -0.3 is 14.5 Å². The Hall–Kier alpha value is -4.18. The fourth-order valence-corrected chi connectivity index (χ4v) is 3.96. The Morgan fingerprint density at radius 1 is 1.09 bits per heavy atom. The van der Waals surface area contributed by atoms with Crippen molar-refractivity contribution in [3.05, 3.63) is 89.2 Å². The van der Waals surface area contributed by atoms with Gasteiger partial charge in [-0.3, -0.25) is 10.1 Å². The summed E-state index contributed by atoms with van der Waals surface area (Å²) < 4.78 is 12.2. The quantitative estimate of drug-likeness (QED) is 0.173. The van der Waals surface area contributed by atoms with Crippen LogP contribution in [-0.4, -0.2) is 25.9 Å². The Morgan fingerprint density at radius 3 is 2.70 bits per heavy atom. The number of nitrogens with zero attached hydrogens (tertiary/aromatic N) is 4. The van der Waals surface area contributed by atoms with Crippen LogP contribution in [0.25, 0.3) is 22.6 Å². The minimum Gasteiger partial charge on any atom is -0.455 e. The third-order valence-corrected chi connectivity index (χ3v) is 5.75. The zero-order valence-electron chi connectivity index (χ0n) is 17.2. The summed E-state index contributed by atoms with van der Waals surface area (Å²) in [6.45, 7) is 3.71. The molecular weight excluding hydrogens is 442 g/mol. The molecule has 1 N–H and O–H groups in total. The molecule has 164 valence electrons. The number of para-hydroxylation sites is 2.